The molecule has 2 saturated heterocycles. The lowest BCUT2D eigenvalue weighted by atomic mass is 9.79. The molecule has 0 spiro atoms. The van der Waals surface area contributed by atoms with Crippen LogP contribution in [0.3, 0.4) is 0 Å². The van der Waals surface area contributed by atoms with E-state index in [9.17, 15) is 55.1 Å². The summed E-state index contributed by atoms with van der Waals surface area (Å²) in [6, 6.07) is -2.78. The molecule has 2 fully saturated rings. The highest BCUT2D eigenvalue weighted by Crippen LogP contribution is 2.37. The smallest absolute Gasteiger partial charge is 0.397 e. The quantitative estimate of drug-likeness (QED) is 0.0948. The van der Waals surface area contributed by atoms with Gasteiger partial charge in [-0.2, -0.15) is 30.0 Å². The third kappa shape index (κ3) is 10.2. The maximum absolute atomic E-state index is 13.2. The molecular formula is C21H36N3O19S3. The summed E-state index contributed by atoms with van der Waals surface area (Å²) in [5.41, 5.74) is -1.84. The lowest BCUT2D eigenvalue weighted by molar-refractivity contribution is -0.302. The van der Waals surface area contributed by atoms with Crippen molar-refractivity contribution < 1.29 is 86.8 Å². The molecule has 25 heteroatoms. The molecule has 0 aromatic carbocycles. The fourth-order valence-electron chi connectivity index (χ4n) is 5.59. The van der Waals surface area contributed by atoms with Gasteiger partial charge in [0.15, 0.2) is 18.2 Å². The van der Waals surface area contributed by atoms with E-state index < -0.39 is 116 Å². The van der Waals surface area contributed by atoms with Crippen molar-refractivity contribution >= 4 is 37.0 Å². The van der Waals surface area contributed by atoms with E-state index >= 15 is 0 Å². The number of carbonyl (C=O) groups is 1. The molecule has 22 nitrogen and oxygen atoms in total. The molecule has 0 aromatic heterocycles. The van der Waals surface area contributed by atoms with Gasteiger partial charge in [-0.05, 0) is 46.6 Å². The van der Waals surface area contributed by atoms with E-state index in [2.05, 4.69) is 13.7 Å². The van der Waals surface area contributed by atoms with Gasteiger partial charge in [0.1, 0.15) is 30.5 Å². The molecule has 0 aromatic rings. The highest BCUT2D eigenvalue weighted by Gasteiger charge is 2.52. The number of nitrogens with zero attached hydrogens (tertiary/aromatic N) is 1. The molecule has 3 heterocycles. The van der Waals surface area contributed by atoms with E-state index in [0.29, 0.717) is 6.08 Å². The van der Waals surface area contributed by atoms with Crippen LogP contribution in [0, 0.1) is 0 Å². The first-order valence-electron chi connectivity index (χ1n) is 13.2. The monoisotopic (exact) mass is 730 g/mol. The lowest BCUT2D eigenvalue weighted by Gasteiger charge is -2.50. The van der Waals surface area contributed by atoms with Gasteiger partial charge < -0.3 is 34.8 Å². The third-order valence-corrected chi connectivity index (χ3v) is 8.67. The molecule has 1 radical (unpaired) electrons. The van der Waals surface area contributed by atoms with Gasteiger partial charge >= 0.3 is 31.1 Å². The number of hydrogen-bond acceptors (Lipinski definition) is 16. The SMILES string of the molecule is CC1(C)CC(NC(=O)C2=C[C@H](O)[C@@H](OS(=O)(=O)O)[C@H](O[C@H]3[C@H](O)[C@@H](NS(=O)(=O)O)C(O)O[C@@H]3COS(=O)(=O)O)O2)CC(C)(C)N1[O]. The normalized spacial score (nSPS) is 34.4. The van der Waals surface area contributed by atoms with E-state index in [1.807, 2.05) is 0 Å². The number of carbonyl (C=O) groups excluding carboxylic acids is 1. The molecule has 0 saturated carbocycles. The van der Waals surface area contributed by atoms with Crippen molar-refractivity contribution in [3.8, 4) is 0 Å². The molecule has 46 heavy (non-hydrogen) atoms. The highest BCUT2D eigenvalue weighted by atomic mass is 32.3. The van der Waals surface area contributed by atoms with Crippen LogP contribution in [0.2, 0.25) is 0 Å². The average molecular weight is 731 g/mol. The summed E-state index contributed by atoms with van der Waals surface area (Å²) in [4.78, 5) is 13.2. The van der Waals surface area contributed by atoms with Crippen LogP contribution in [0.4, 0.5) is 0 Å². The Morgan fingerprint density at radius 1 is 0.978 bits per heavy atom. The van der Waals surface area contributed by atoms with Crippen LogP contribution in [-0.2, 0) is 63.7 Å². The molecule has 0 aliphatic carbocycles. The molecule has 1 unspecified atom stereocenters. The Kier molecular flexibility index (Phi) is 11.5. The first-order chi connectivity index (χ1) is 20.7. The summed E-state index contributed by atoms with van der Waals surface area (Å²) in [6.45, 7) is 5.37. The van der Waals surface area contributed by atoms with Crippen LogP contribution in [0.1, 0.15) is 40.5 Å². The maximum atomic E-state index is 13.2. The fourth-order valence-corrected chi connectivity index (χ4v) is 6.98. The fraction of sp³-hybridized carbons (Fsp3) is 0.857. The summed E-state index contributed by atoms with van der Waals surface area (Å²) in [6.07, 6.45) is -14.5. The van der Waals surface area contributed by atoms with Gasteiger partial charge in [-0.3, -0.25) is 18.5 Å². The molecule has 3 rings (SSSR count). The molecule has 3 aliphatic heterocycles. The zero-order chi connectivity index (χ0) is 35.2. The van der Waals surface area contributed by atoms with E-state index in [0.717, 1.165) is 5.06 Å². The average Bonchev–Trinajstić information content (AvgIpc) is 2.85. The molecule has 0 bridgehead atoms. The van der Waals surface area contributed by atoms with Gasteiger partial charge in [0, 0.05) is 17.1 Å². The number of amides is 1. The lowest BCUT2D eigenvalue weighted by Crippen LogP contribution is -2.66. The first-order valence-corrected chi connectivity index (χ1v) is 17.4. The van der Waals surface area contributed by atoms with E-state index in [1.165, 1.54) is 4.72 Å². The number of rotatable bonds is 11. The van der Waals surface area contributed by atoms with Crippen LogP contribution in [0.25, 0.3) is 0 Å². The van der Waals surface area contributed by atoms with Crippen LogP contribution < -0.4 is 10.0 Å². The van der Waals surface area contributed by atoms with E-state index in [-0.39, 0.29) is 12.8 Å². The van der Waals surface area contributed by atoms with Crippen LogP contribution >= 0.6 is 0 Å². The van der Waals surface area contributed by atoms with Crippen LogP contribution in [0.15, 0.2) is 11.8 Å². The minimum atomic E-state index is -5.40. The summed E-state index contributed by atoms with van der Waals surface area (Å²) < 4.78 is 122. The molecule has 3 aliphatic rings. The summed E-state index contributed by atoms with van der Waals surface area (Å²) in [7, 11) is -15.8. The van der Waals surface area contributed by atoms with Gasteiger partial charge in [-0.1, -0.05) is 0 Å². The first kappa shape index (κ1) is 38.8. The van der Waals surface area contributed by atoms with E-state index in [1.54, 1.807) is 27.7 Å². The number of ether oxygens (including phenoxy) is 3. The van der Waals surface area contributed by atoms with Gasteiger partial charge in [0.2, 0.25) is 6.29 Å². The predicted octanol–water partition coefficient (Wildman–Crippen LogP) is -3.70. The Morgan fingerprint density at radius 2 is 1.54 bits per heavy atom. The van der Waals surface area contributed by atoms with Crippen molar-refractivity contribution in [1.29, 1.82) is 0 Å². The number of aliphatic hydroxyl groups excluding tert-OH is 3. The summed E-state index contributed by atoms with van der Waals surface area (Å²) >= 11 is 0. The van der Waals surface area contributed by atoms with Crippen LogP contribution in [-0.4, -0.2) is 138 Å². The van der Waals surface area contributed by atoms with Crippen molar-refractivity contribution in [3.05, 3.63) is 11.8 Å². The second kappa shape index (κ2) is 13.7. The van der Waals surface area contributed by atoms with Gasteiger partial charge in [-0.25, -0.2) is 8.37 Å². The zero-order valence-corrected chi connectivity index (χ0v) is 27.0. The standard InChI is InChI=1S/C21H36N3O19S3/c1-20(2)6-9(7-21(3,4)24(20)29)22-17(27)11-5-10(25)15(43-46(36,37)38)19(41-11)42-16-12(8-39-45(33,34)35)40-18(28)13(14(16)26)23-44(30,31)32/h5,9-10,12-16,18-19,23,25-26,28H,6-8H2,1-4H3,(H,22,27)(H,30,31,32)(H,33,34,35)(H,36,37,38)/t10-,12+,13+,14+,15+,16+,18?,19-/m0/s1. The number of hydroxylamine groups is 2. The molecule has 8 N–H and O–H groups in total. The number of hydrogen-bond donors (Lipinski definition) is 8. The van der Waals surface area contributed by atoms with Crippen molar-refractivity contribution in [2.75, 3.05) is 6.61 Å². The number of aliphatic hydroxyl groups is 3. The van der Waals surface area contributed by atoms with Gasteiger partial charge in [0.05, 0.1) is 6.61 Å². The zero-order valence-electron chi connectivity index (χ0n) is 24.6. The highest BCUT2D eigenvalue weighted by molar-refractivity contribution is 7.83. The Morgan fingerprint density at radius 3 is 2.04 bits per heavy atom. The second-order valence-electron chi connectivity index (χ2n) is 12.0. The Hall–Kier alpha value is -1.66. The summed E-state index contributed by atoms with van der Waals surface area (Å²) in [5, 5.41) is 48.0. The molecule has 267 valence electrons. The summed E-state index contributed by atoms with van der Waals surface area (Å²) in [5.74, 6) is -1.74. The Balaban J connectivity index is 1.94. The minimum Gasteiger partial charge on any atom is -0.456 e. The maximum Gasteiger partial charge on any atom is 0.397 e. The van der Waals surface area contributed by atoms with Gasteiger partial charge in [-0.15, -0.1) is 10.3 Å². The van der Waals surface area contributed by atoms with Crippen molar-refractivity contribution in [2.24, 2.45) is 0 Å². The molecular weight excluding hydrogens is 694 g/mol. The van der Waals surface area contributed by atoms with Crippen molar-refractivity contribution in [2.45, 2.75) is 107 Å². The molecule has 1 amide bonds. The van der Waals surface area contributed by atoms with Crippen LogP contribution in [0.5, 0.6) is 0 Å². The molecule has 8 atom stereocenters. The number of nitrogens with one attached hydrogen (secondary N) is 2. The number of piperidine rings is 1. The van der Waals surface area contributed by atoms with E-state index in [4.69, 9.17) is 23.3 Å². The second-order valence-corrected chi connectivity index (χ2v) is 15.3. The topological polar surface area (TPSA) is 334 Å². The minimum absolute atomic E-state index is 0.168. The Labute approximate surface area is 263 Å². The third-order valence-electron chi connectivity index (χ3n) is 7.20. The van der Waals surface area contributed by atoms with Gasteiger partial charge in [0.25, 0.3) is 5.91 Å². The van der Waals surface area contributed by atoms with Crippen molar-refractivity contribution in [1.82, 2.24) is 15.1 Å². The predicted molar refractivity (Wildman–Crippen MR) is 145 cm³/mol. The largest absolute Gasteiger partial charge is 0.456 e. The van der Waals surface area contributed by atoms with Crippen molar-refractivity contribution in [3.63, 3.8) is 0 Å². The Bertz CT molecular complexity index is 1460.